The van der Waals surface area contributed by atoms with E-state index in [1.165, 1.54) is 16.7 Å². The zero-order valence-corrected chi connectivity index (χ0v) is 12.0. The van der Waals surface area contributed by atoms with Crippen LogP contribution in [-0.2, 0) is 11.2 Å². The van der Waals surface area contributed by atoms with Crippen molar-refractivity contribution in [2.45, 2.75) is 26.7 Å². The Morgan fingerprint density at radius 2 is 1.79 bits per heavy atom. The lowest BCUT2D eigenvalue weighted by atomic mass is 9.94. The first-order valence-corrected chi connectivity index (χ1v) is 6.79. The third-order valence-corrected chi connectivity index (χ3v) is 3.60. The van der Waals surface area contributed by atoms with Gasteiger partial charge in [-0.2, -0.15) is 0 Å². The third-order valence-electron chi connectivity index (χ3n) is 3.35. The molecule has 0 fully saturated rings. The molecule has 0 aliphatic heterocycles. The van der Waals surface area contributed by atoms with Gasteiger partial charge >= 0.3 is 0 Å². The average molecular weight is 273 g/mol. The fourth-order valence-electron chi connectivity index (χ4n) is 2.21. The molecule has 0 N–H and O–H groups in total. The van der Waals surface area contributed by atoms with E-state index in [1.54, 1.807) is 6.92 Å². The molecule has 0 aromatic heterocycles. The number of carbonyl (C=O) groups excluding carboxylic acids is 1. The number of ketones is 1. The number of hydrogen-bond donors (Lipinski definition) is 0. The van der Waals surface area contributed by atoms with Gasteiger partial charge in [-0.1, -0.05) is 41.9 Å². The predicted octanol–water partition coefficient (Wildman–Crippen LogP) is 4.84. The van der Waals surface area contributed by atoms with Crippen LogP contribution >= 0.6 is 11.6 Å². The monoisotopic (exact) mass is 272 g/mol. The van der Waals surface area contributed by atoms with Crippen LogP contribution in [0.25, 0.3) is 11.1 Å². The smallest absolute Gasteiger partial charge is 0.130 e. The van der Waals surface area contributed by atoms with Crippen molar-refractivity contribution in [3.05, 3.63) is 58.6 Å². The van der Waals surface area contributed by atoms with Gasteiger partial charge in [-0.05, 0) is 54.7 Å². The molecule has 0 saturated carbocycles. The lowest BCUT2D eigenvalue weighted by Gasteiger charge is -2.11. The molecule has 0 radical (unpaired) electrons. The van der Waals surface area contributed by atoms with Crippen molar-refractivity contribution in [3.8, 4) is 11.1 Å². The van der Waals surface area contributed by atoms with E-state index < -0.39 is 0 Å². The van der Waals surface area contributed by atoms with Gasteiger partial charge in [0, 0.05) is 11.4 Å². The minimum Gasteiger partial charge on any atom is -0.300 e. The molecule has 0 saturated heterocycles. The van der Waals surface area contributed by atoms with Crippen LogP contribution in [0, 0.1) is 6.92 Å². The number of halogens is 1. The second-order valence-electron chi connectivity index (χ2n) is 4.80. The SMILES string of the molecule is CC(=O)CCc1cccc(-c2ccc(Cl)cc2)c1C. The molecule has 2 aromatic rings. The molecule has 2 rings (SSSR count). The topological polar surface area (TPSA) is 17.1 Å². The van der Waals surface area contributed by atoms with Crippen LogP contribution in [0.2, 0.25) is 5.02 Å². The van der Waals surface area contributed by atoms with Crippen molar-refractivity contribution in [2.24, 2.45) is 0 Å². The number of hydrogen-bond acceptors (Lipinski definition) is 1. The van der Waals surface area contributed by atoms with Gasteiger partial charge in [0.15, 0.2) is 0 Å². The highest BCUT2D eigenvalue weighted by Crippen LogP contribution is 2.27. The first-order valence-electron chi connectivity index (χ1n) is 6.42. The molecule has 0 heterocycles. The summed E-state index contributed by atoms with van der Waals surface area (Å²) in [5, 5.41) is 0.745. The van der Waals surface area contributed by atoms with Crippen LogP contribution in [0.4, 0.5) is 0 Å². The number of aryl methyl sites for hydroxylation is 1. The van der Waals surface area contributed by atoms with Gasteiger partial charge in [0.1, 0.15) is 5.78 Å². The first kappa shape index (κ1) is 13.8. The Hall–Kier alpha value is -1.60. The normalized spacial score (nSPS) is 10.5. The van der Waals surface area contributed by atoms with Gasteiger partial charge in [0.05, 0.1) is 0 Å². The molecule has 0 aliphatic carbocycles. The minimum atomic E-state index is 0.233. The predicted molar refractivity (Wildman–Crippen MR) is 80.6 cm³/mol. The van der Waals surface area contributed by atoms with Crippen LogP contribution in [0.1, 0.15) is 24.5 Å². The molecule has 2 aromatic carbocycles. The second-order valence-corrected chi connectivity index (χ2v) is 5.24. The van der Waals surface area contributed by atoms with E-state index in [1.807, 2.05) is 30.3 Å². The minimum absolute atomic E-state index is 0.233. The number of carbonyl (C=O) groups is 1. The Kier molecular flexibility index (Phi) is 4.39. The fraction of sp³-hybridized carbons (Fsp3) is 0.235. The van der Waals surface area contributed by atoms with E-state index in [0.717, 1.165) is 17.0 Å². The summed E-state index contributed by atoms with van der Waals surface area (Å²) >= 11 is 5.92. The lowest BCUT2D eigenvalue weighted by Crippen LogP contribution is -1.97. The Labute approximate surface area is 119 Å². The van der Waals surface area contributed by atoms with Crippen LogP contribution in [-0.4, -0.2) is 5.78 Å². The highest BCUT2D eigenvalue weighted by atomic mass is 35.5. The quantitative estimate of drug-likeness (QED) is 0.778. The Morgan fingerprint density at radius 3 is 2.42 bits per heavy atom. The summed E-state index contributed by atoms with van der Waals surface area (Å²) in [7, 11) is 0. The van der Waals surface area contributed by atoms with Gasteiger partial charge in [0.2, 0.25) is 0 Å². The van der Waals surface area contributed by atoms with Crippen LogP contribution in [0.5, 0.6) is 0 Å². The van der Waals surface area contributed by atoms with Crippen molar-refractivity contribution in [3.63, 3.8) is 0 Å². The summed E-state index contributed by atoms with van der Waals surface area (Å²) in [6.45, 7) is 3.75. The van der Waals surface area contributed by atoms with Crippen molar-refractivity contribution in [1.29, 1.82) is 0 Å². The average Bonchev–Trinajstić information content (AvgIpc) is 2.39. The zero-order valence-electron chi connectivity index (χ0n) is 11.2. The number of Topliss-reactive ketones (excluding diaryl/α,β-unsaturated/α-hetero) is 1. The summed E-state index contributed by atoms with van der Waals surface area (Å²) in [4.78, 5) is 11.1. The molecule has 1 nitrogen and oxygen atoms in total. The maximum Gasteiger partial charge on any atom is 0.130 e. The van der Waals surface area contributed by atoms with Gasteiger partial charge < -0.3 is 4.79 Å². The second kappa shape index (κ2) is 6.03. The summed E-state index contributed by atoms with van der Waals surface area (Å²) in [6, 6.07) is 14.1. The molecule has 2 heteroatoms. The highest BCUT2D eigenvalue weighted by Gasteiger charge is 2.07. The summed E-state index contributed by atoms with van der Waals surface area (Å²) in [5.41, 5.74) is 4.85. The number of rotatable bonds is 4. The van der Waals surface area contributed by atoms with E-state index >= 15 is 0 Å². The third kappa shape index (κ3) is 3.45. The largest absolute Gasteiger partial charge is 0.300 e. The maximum atomic E-state index is 11.1. The molecule has 0 unspecified atom stereocenters. The van der Waals surface area contributed by atoms with E-state index in [2.05, 4.69) is 19.1 Å². The van der Waals surface area contributed by atoms with Gasteiger partial charge in [-0.3, -0.25) is 0 Å². The van der Waals surface area contributed by atoms with Crippen LogP contribution in [0.15, 0.2) is 42.5 Å². The molecule has 0 spiro atoms. The maximum absolute atomic E-state index is 11.1. The highest BCUT2D eigenvalue weighted by molar-refractivity contribution is 6.30. The van der Waals surface area contributed by atoms with Crippen molar-refractivity contribution >= 4 is 17.4 Å². The van der Waals surface area contributed by atoms with Crippen molar-refractivity contribution in [1.82, 2.24) is 0 Å². The first-order chi connectivity index (χ1) is 9.08. The molecule has 0 amide bonds. The van der Waals surface area contributed by atoms with E-state index in [-0.39, 0.29) is 5.78 Å². The van der Waals surface area contributed by atoms with Crippen LogP contribution < -0.4 is 0 Å². The zero-order chi connectivity index (χ0) is 13.8. The molecular formula is C17H17ClO. The van der Waals surface area contributed by atoms with Gasteiger partial charge in [0.25, 0.3) is 0 Å². The molecule has 0 atom stereocenters. The fourth-order valence-corrected chi connectivity index (χ4v) is 2.33. The Balaban J connectivity index is 2.34. The Bertz CT molecular complexity index is 585. The van der Waals surface area contributed by atoms with Gasteiger partial charge in [-0.15, -0.1) is 0 Å². The van der Waals surface area contributed by atoms with Crippen LogP contribution in [0.3, 0.4) is 0 Å². The molecule has 98 valence electrons. The lowest BCUT2D eigenvalue weighted by molar-refractivity contribution is -0.116. The summed E-state index contributed by atoms with van der Waals surface area (Å²) in [6.07, 6.45) is 1.41. The number of benzene rings is 2. The molecular weight excluding hydrogens is 256 g/mol. The van der Waals surface area contributed by atoms with Gasteiger partial charge in [-0.25, -0.2) is 0 Å². The molecule has 0 aliphatic rings. The van der Waals surface area contributed by atoms with Crippen molar-refractivity contribution < 1.29 is 4.79 Å². The summed E-state index contributed by atoms with van der Waals surface area (Å²) in [5.74, 6) is 0.233. The summed E-state index contributed by atoms with van der Waals surface area (Å²) < 4.78 is 0. The Morgan fingerprint density at radius 1 is 1.11 bits per heavy atom. The molecule has 19 heavy (non-hydrogen) atoms. The standard InChI is InChI=1S/C17H17ClO/c1-12(19)6-7-14-4-3-5-17(13(14)2)15-8-10-16(18)11-9-15/h3-5,8-11H,6-7H2,1-2H3. The van der Waals surface area contributed by atoms with E-state index in [4.69, 9.17) is 11.6 Å². The van der Waals surface area contributed by atoms with E-state index in [0.29, 0.717) is 6.42 Å². The molecule has 0 bridgehead atoms. The van der Waals surface area contributed by atoms with Crippen molar-refractivity contribution in [2.75, 3.05) is 0 Å². The van der Waals surface area contributed by atoms with E-state index in [9.17, 15) is 4.79 Å².